The second-order valence-corrected chi connectivity index (χ2v) is 4.24. The van der Waals surface area contributed by atoms with Gasteiger partial charge in [0.2, 0.25) is 0 Å². The van der Waals surface area contributed by atoms with Gasteiger partial charge in [-0.1, -0.05) is 5.16 Å². The van der Waals surface area contributed by atoms with Crippen molar-refractivity contribution >= 4 is 5.71 Å². The summed E-state index contributed by atoms with van der Waals surface area (Å²) in [6.07, 6.45) is 0. The van der Waals surface area contributed by atoms with Crippen LogP contribution in [0.15, 0.2) is 53.7 Å². The minimum absolute atomic E-state index is 0.124. The van der Waals surface area contributed by atoms with Crippen molar-refractivity contribution in [1.82, 2.24) is 0 Å². The van der Waals surface area contributed by atoms with E-state index in [0.717, 1.165) is 16.9 Å². The van der Waals surface area contributed by atoms with Crippen LogP contribution in [0.5, 0.6) is 11.5 Å². The molecule has 0 aromatic heterocycles. The van der Waals surface area contributed by atoms with Gasteiger partial charge in [0.25, 0.3) is 0 Å². The van der Waals surface area contributed by atoms with Gasteiger partial charge in [0.15, 0.2) is 0 Å². The molecule has 0 atom stereocenters. The average Bonchev–Trinajstić information content (AvgIpc) is 2.52. The molecule has 0 saturated heterocycles. The SMILES string of the molecule is CCOc1ccc(/C(=N/O)c2ccc(OCN)cc2)cc1. The summed E-state index contributed by atoms with van der Waals surface area (Å²) in [6, 6.07) is 14.6. The molecule has 2 aromatic rings. The van der Waals surface area contributed by atoms with E-state index < -0.39 is 0 Å². The summed E-state index contributed by atoms with van der Waals surface area (Å²) in [6.45, 7) is 2.67. The topological polar surface area (TPSA) is 77.1 Å². The lowest BCUT2D eigenvalue weighted by molar-refractivity contribution is 0.319. The Labute approximate surface area is 123 Å². The molecule has 5 nitrogen and oxygen atoms in total. The van der Waals surface area contributed by atoms with Gasteiger partial charge < -0.3 is 14.7 Å². The third kappa shape index (κ3) is 3.73. The molecule has 0 saturated carbocycles. The zero-order valence-corrected chi connectivity index (χ0v) is 11.8. The molecule has 0 aliphatic rings. The zero-order valence-electron chi connectivity index (χ0n) is 11.8. The van der Waals surface area contributed by atoms with E-state index in [1.165, 1.54) is 0 Å². The normalized spacial score (nSPS) is 11.2. The van der Waals surface area contributed by atoms with Crippen LogP contribution < -0.4 is 15.2 Å². The summed E-state index contributed by atoms with van der Waals surface area (Å²) in [5.41, 5.74) is 7.38. The number of ether oxygens (including phenoxy) is 2. The van der Waals surface area contributed by atoms with Gasteiger partial charge in [-0.3, -0.25) is 5.73 Å². The fourth-order valence-corrected chi connectivity index (χ4v) is 1.96. The van der Waals surface area contributed by atoms with Crippen LogP contribution in [0.25, 0.3) is 0 Å². The first-order chi connectivity index (χ1) is 10.3. The van der Waals surface area contributed by atoms with Gasteiger partial charge in [0, 0.05) is 11.1 Å². The molecular formula is C16H18N2O3. The molecule has 0 heterocycles. The number of nitrogens with two attached hydrogens (primary N) is 1. The number of hydrogen-bond donors (Lipinski definition) is 2. The summed E-state index contributed by atoms with van der Waals surface area (Å²) in [5, 5.41) is 12.7. The van der Waals surface area contributed by atoms with Gasteiger partial charge in [0.05, 0.1) is 6.61 Å². The fraction of sp³-hybridized carbons (Fsp3) is 0.188. The standard InChI is InChI=1S/C16H18N2O3/c1-2-20-14-7-3-12(4-8-14)16(18-19)13-5-9-15(10-6-13)21-11-17/h3-10,19H,2,11,17H2,1H3/b18-16-. The third-order valence-electron chi connectivity index (χ3n) is 2.92. The van der Waals surface area contributed by atoms with Crippen molar-refractivity contribution in [1.29, 1.82) is 0 Å². The van der Waals surface area contributed by atoms with Gasteiger partial charge >= 0.3 is 0 Å². The molecule has 0 amide bonds. The molecule has 110 valence electrons. The number of hydrogen-bond acceptors (Lipinski definition) is 5. The van der Waals surface area contributed by atoms with Crippen LogP contribution in [0.3, 0.4) is 0 Å². The van der Waals surface area contributed by atoms with Gasteiger partial charge in [-0.05, 0) is 55.5 Å². The number of oxime groups is 1. The maximum Gasteiger partial charge on any atom is 0.137 e. The third-order valence-corrected chi connectivity index (χ3v) is 2.92. The molecule has 0 aliphatic carbocycles. The summed E-state index contributed by atoms with van der Waals surface area (Å²) in [5.74, 6) is 1.45. The van der Waals surface area contributed by atoms with E-state index in [-0.39, 0.29) is 6.73 Å². The van der Waals surface area contributed by atoms with Crippen molar-refractivity contribution in [2.75, 3.05) is 13.3 Å². The minimum atomic E-state index is 0.124. The molecule has 2 rings (SSSR count). The Bertz CT molecular complexity index is 540. The van der Waals surface area contributed by atoms with Crippen LogP contribution in [0.4, 0.5) is 0 Å². The number of rotatable bonds is 6. The summed E-state index contributed by atoms with van der Waals surface area (Å²) in [7, 11) is 0. The molecule has 0 unspecified atom stereocenters. The minimum Gasteiger partial charge on any atom is -0.494 e. The highest BCUT2D eigenvalue weighted by Crippen LogP contribution is 2.18. The lowest BCUT2D eigenvalue weighted by Gasteiger charge is -2.08. The van der Waals surface area contributed by atoms with E-state index in [9.17, 15) is 5.21 Å². The van der Waals surface area contributed by atoms with Crippen molar-refractivity contribution in [3.63, 3.8) is 0 Å². The highest BCUT2D eigenvalue weighted by Gasteiger charge is 2.08. The second kappa shape index (κ2) is 7.31. The summed E-state index contributed by atoms with van der Waals surface area (Å²) < 4.78 is 10.6. The van der Waals surface area contributed by atoms with Crippen molar-refractivity contribution in [2.24, 2.45) is 10.9 Å². The van der Waals surface area contributed by atoms with Crippen LogP contribution in [-0.2, 0) is 0 Å². The molecular weight excluding hydrogens is 268 g/mol. The second-order valence-electron chi connectivity index (χ2n) is 4.24. The Kier molecular flexibility index (Phi) is 5.17. The monoisotopic (exact) mass is 286 g/mol. The Balaban J connectivity index is 2.22. The highest BCUT2D eigenvalue weighted by atomic mass is 16.5. The van der Waals surface area contributed by atoms with E-state index in [1.807, 2.05) is 43.3 Å². The average molecular weight is 286 g/mol. The first-order valence-electron chi connectivity index (χ1n) is 6.67. The van der Waals surface area contributed by atoms with Gasteiger partial charge in [-0.2, -0.15) is 0 Å². The van der Waals surface area contributed by atoms with E-state index in [0.29, 0.717) is 18.1 Å². The fourth-order valence-electron chi connectivity index (χ4n) is 1.96. The molecule has 21 heavy (non-hydrogen) atoms. The molecule has 5 heteroatoms. The molecule has 2 aromatic carbocycles. The highest BCUT2D eigenvalue weighted by molar-refractivity contribution is 6.12. The van der Waals surface area contributed by atoms with E-state index in [1.54, 1.807) is 12.1 Å². The Hall–Kier alpha value is -2.53. The van der Waals surface area contributed by atoms with E-state index in [2.05, 4.69) is 5.16 Å². The largest absolute Gasteiger partial charge is 0.494 e. The Morgan fingerprint density at radius 1 is 0.952 bits per heavy atom. The quantitative estimate of drug-likeness (QED) is 0.370. The van der Waals surface area contributed by atoms with Gasteiger partial charge in [-0.25, -0.2) is 0 Å². The Morgan fingerprint density at radius 2 is 1.43 bits per heavy atom. The maximum atomic E-state index is 9.28. The predicted octanol–water partition coefficient (Wildman–Crippen LogP) is 2.61. The van der Waals surface area contributed by atoms with Crippen molar-refractivity contribution in [3.8, 4) is 11.5 Å². The Morgan fingerprint density at radius 3 is 1.81 bits per heavy atom. The smallest absolute Gasteiger partial charge is 0.137 e. The summed E-state index contributed by atoms with van der Waals surface area (Å²) >= 11 is 0. The van der Waals surface area contributed by atoms with Crippen molar-refractivity contribution < 1.29 is 14.7 Å². The molecule has 0 bridgehead atoms. The lowest BCUT2D eigenvalue weighted by Crippen LogP contribution is -2.08. The first kappa shape index (κ1) is 14.9. The van der Waals surface area contributed by atoms with Crippen molar-refractivity contribution in [3.05, 3.63) is 59.7 Å². The first-order valence-corrected chi connectivity index (χ1v) is 6.67. The predicted molar refractivity (Wildman–Crippen MR) is 81.2 cm³/mol. The van der Waals surface area contributed by atoms with Crippen LogP contribution in [0.2, 0.25) is 0 Å². The van der Waals surface area contributed by atoms with Gasteiger partial charge in [-0.15, -0.1) is 0 Å². The molecule has 3 N–H and O–H groups in total. The molecule has 0 radical (unpaired) electrons. The van der Waals surface area contributed by atoms with Crippen LogP contribution in [0, 0.1) is 0 Å². The number of nitrogens with zero attached hydrogens (tertiary/aromatic N) is 1. The van der Waals surface area contributed by atoms with Crippen LogP contribution >= 0.6 is 0 Å². The molecule has 0 aliphatic heterocycles. The molecule has 0 fully saturated rings. The number of benzene rings is 2. The lowest BCUT2D eigenvalue weighted by atomic mass is 10.0. The summed E-state index contributed by atoms with van der Waals surface area (Å²) in [4.78, 5) is 0. The van der Waals surface area contributed by atoms with E-state index >= 15 is 0 Å². The molecule has 0 spiro atoms. The van der Waals surface area contributed by atoms with Gasteiger partial charge in [0.1, 0.15) is 23.9 Å². The van der Waals surface area contributed by atoms with Crippen molar-refractivity contribution in [2.45, 2.75) is 6.92 Å². The van der Waals surface area contributed by atoms with E-state index in [4.69, 9.17) is 15.2 Å². The maximum absolute atomic E-state index is 9.28. The zero-order chi connectivity index (χ0) is 15.1. The van der Waals surface area contributed by atoms with Crippen LogP contribution in [-0.4, -0.2) is 24.3 Å². The van der Waals surface area contributed by atoms with Crippen LogP contribution in [0.1, 0.15) is 18.1 Å².